The molecule has 104 valence electrons. The van der Waals surface area contributed by atoms with Gasteiger partial charge in [-0.15, -0.1) is 0 Å². The summed E-state index contributed by atoms with van der Waals surface area (Å²) >= 11 is 3.22. The molecule has 0 unspecified atom stereocenters. The topological polar surface area (TPSA) is 42.7 Å². The Morgan fingerprint density at radius 1 is 1.30 bits per heavy atom. The van der Waals surface area contributed by atoms with E-state index in [1.54, 1.807) is 6.07 Å². The molecule has 0 spiro atoms. The van der Waals surface area contributed by atoms with Gasteiger partial charge in [-0.05, 0) is 21.5 Å². The lowest BCUT2D eigenvalue weighted by Gasteiger charge is -2.35. The minimum atomic E-state index is -0.0499. The lowest BCUT2D eigenvalue weighted by atomic mass is 10.0. The van der Waals surface area contributed by atoms with E-state index in [4.69, 9.17) is 9.15 Å². The molecule has 0 saturated carbocycles. The summed E-state index contributed by atoms with van der Waals surface area (Å²) in [5, 5.41) is 0. The lowest BCUT2D eigenvalue weighted by molar-refractivity contribution is -0.00273. The van der Waals surface area contributed by atoms with Crippen LogP contribution in [0.2, 0.25) is 0 Å². The summed E-state index contributed by atoms with van der Waals surface area (Å²) in [5.41, 5.74) is 1.64. The summed E-state index contributed by atoms with van der Waals surface area (Å²) in [6.07, 6.45) is 1.48. The molecule has 0 N–H and O–H groups in total. The highest BCUT2D eigenvalue weighted by molar-refractivity contribution is 9.10. The van der Waals surface area contributed by atoms with E-state index in [9.17, 15) is 4.79 Å². The molecule has 1 aromatic heterocycles. The van der Waals surface area contributed by atoms with Crippen molar-refractivity contribution in [3.63, 3.8) is 0 Å². The van der Waals surface area contributed by atoms with Gasteiger partial charge in [-0.2, -0.15) is 0 Å². The van der Waals surface area contributed by atoms with Crippen molar-refractivity contribution in [3.05, 3.63) is 58.5 Å². The predicted octanol–water partition coefficient (Wildman–Crippen LogP) is 3.26. The Morgan fingerprint density at radius 2 is 2.10 bits per heavy atom. The van der Waals surface area contributed by atoms with Crippen LogP contribution in [-0.2, 0) is 4.74 Å². The monoisotopic (exact) mass is 335 g/mol. The summed E-state index contributed by atoms with van der Waals surface area (Å²) in [4.78, 5) is 14.4. The van der Waals surface area contributed by atoms with Gasteiger partial charge in [-0.3, -0.25) is 4.79 Å². The van der Waals surface area contributed by atoms with Gasteiger partial charge in [0.2, 0.25) is 0 Å². The predicted molar refractivity (Wildman–Crippen MR) is 77.4 cm³/mol. The van der Waals surface area contributed by atoms with Crippen LogP contribution in [0.1, 0.15) is 22.0 Å². The molecule has 0 radical (unpaired) electrons. The van der Waals surface area contributed by atoms with E-state index in [-0.39, 0.29) is 11.9 Å². The quantitative estimate of drug-likeness (QED) is 0.845. The third kappa shape index (κ3) is 2.64. The molecule has 4 nitrogen and oxygen atoms in total. The van der Waals surface area contributed by atoms with Crippen LogP contribution < -0.4 is 0 Å². The Morgan fingerprint density at radius 3 is 2.80 bits per heavy atom. The zero-order valence-corrected chi connectivity index (χ0v) is 12.4. The first-order chi connectivity index (χ1) is 9.75. The van der Waals surface area contributed by atoms with Gasteiger partial charge in [0.15, 0.2) is 4.67 Å². The molecule has 1 atom stereocenters. The number of morpholine rings is 1. The lowest BCUT2D eigenvalue weighted by Crippen LogP contribution is -2.43. The zero-order chi connectivity index (χ0) is 13.9. The third-order valence-corrected chi connectivity index (χ3v) is 3.80. The van der Waals surface area contributed by atoms with E-state index in [0.717, 1.165) is 5.56 Å². The second kappa shape index (κ2) is 5.81. The Bertz CT molecular complexity index is 596. The van der Waals surface area contributed by atoms with Gasteiger partial charge in [0.25, 0.3) is 5.91 Å². The Labute approximate surface area is 125 Å². The standard InChI is InChI=1S/C15H14BrNO3/c16-14-8-12(9-20-14)15(18)17-6-7-19-10-13(17)11-4-2-1-3-5-11/h1-5,8-9,13H,6-7,10H2/t13-/m0/s1. The molecule has 1 amide bonds. The van der Waals surface area contributed by atoms with E-state index < -0.39 is 0 Å². The highest BCUT2D eigenvalue weighted by atomic mass is 79.9. The average Bonchev–Trinajstić information content (AvgIpc) is 2.94. The van der Waals surface area contributed by atoms with Gasteiger partial charge < -0.3 is 14.1 Å². The fraction of sp³-hybridized carbons (Fsp3) is 0.267. The van der Waals surface area contributed by atoms with Gasteiger partial charge >= 0.3 is 0 Å². The van der Waals surface area contributed by atoms with Gasteiger partial charge in [0, 0.05) is 12.6 Å². The van der Waals surface area contributed by atoms with Crippen LogP contribution in [0.25, 0.3) is 0 Å². The van der Waals surface area contributed by atoms with Crippen LogP contribution >= 0.6 is 15.9 Å². The number of furan rings is 1. The molecule has 2 heterocycles. The maximum atomic E-state index is 12.6. The van der Waals surface area contributed by atoms with Crippen LogP contribution in [0.3, 0.4) is 0 Å². The van der Waals surface area contributed by atoms with E-state index >= 15 is 0 Å². The summed E-state index contributed by atoms with van der Waals surface area (Å²) < 4.78 is 11.2. The maximum absolute atomic E-state index is 12.6. The molecule has 1 fully saturated rings. The molecule has 0 bridgehead atoms. The maximum Gasteiger partial charge on any atom is 0.257 e. The van der Waals surface area contributed by atoms with E-state index in [1.807, 2.05) is 35.2 Å². The van der Waals surface area contributed by atoms with Crippen molar-refractivity contribution in [2.24, 2.45) is 0 Å². The largest absolute Gasteiger partial charge is 0.457 e. The molecule has 2 aromatic rings. The zero-order valence-electron chi connectivity index (χ0n) is 10.8. The minimum Gasteiger partial charge on any atom is -0.457 e. The molecule has 1 aliphatic rings. The van der Waals surface area contributed by atoms with Crippen molar-refractivity contribution in [3.8, 4) is 0 Å². The SMILES string of the molecule is O=C(c1coc(Br)c1)N1CCOC[C@H]1c1ccccc1. The van der Waals surface area contributed by atoms with Crippen LogP contribution in [-0.4, -0.2) is 30.6 Å². The molecular weight excluding hydrogens is 322 g/mol. The first kappa shape index (κ1) is 13.4. The van der Waals surface area contributed by atoms with Crippen molar-refractivity contribution in [2.45, 2.75) is 6.04 Å². The first-order valence-corrected chi connectivity index (χ1v) is 7.22. The number of ether oxygens (including phenoxy) is 1. The second-order valence-electron chi connectivity index (χ2n) is 4.64. The summed E-state index contributed by atoms with van der Waals surface area (Å²) in [5.74, 6) is -0.0309. The number of halogens is 1. The summed E-state index contributed by atoms with van der Waals surface area (Å²) in [7, 11) is 0. The van der Waals surface area contributed by atoms with Crippen LogP contribution in [0.5, 0.6) is 0 Å². The Balaban J connectivity index is 1.87. The normalized spacial score (nSPS) is 19.1. The number of hydrogen-bond donors (Lipinski definition) is 0. The molecular formula is C15H14BrNO3. The number of hydrogen-bond acceptors (Lipinski definition) is 3. The molecule has 5 heteroatoms. The Hall–Kier alpha value is -1.59. The van der Waals surface area contributed by atoms with Crippen molar-refractivity contribution < 1.29 is 13.9 Å². The number of benzene rings is 1. The average molecular weight is 336 g/mol. The molecule has 3 rings (SSSR count). The van der Waals surface area contributed by atoms with Crippen LogP contribution in [0, 0.1) is 0 Å². The molecule has 1 aliphatic heterocycles. The van der Waals surface area contributed by atoms with Crippen molar-refractivity contribution in [1.82, 2.24) is 4.90 Å². The van der Waals surface area contributed by atoms with Crippen molar-refractivity contribution in [2.75, 3.05) is 19.8 Å². The van der Waals surface area contributed by atoms with E-state index in [2.05, 4.69) is 15.9 Å². The van der Waals surface area contributed by atoms with Gasteiger partial charge in [0.1, 0.15) is 6.26 Å². The third-order valence-electron chi connectivity index (χ3n) is 3.39. The smallest absolute Gasteiger partial charge is 0.257 e. The highest BCUT2D eigenvalue weighted by Crippen LogP contribution is 2.26. The number of carbonyl (C=O) groups is 1. The second-order valence-corrected chi connectivity index (χ2v) is 5.42. The highest BCUT2D eigenvalue weighted by Gasteiger charge is 2.29. The molecule has 0 aliphatic carbocycles. The van der Waals surface area contributed by atoms with Crippen LogP contribution in [0.15, 0.2) is 51.7 Å². The molecule has 20 heavy (non-hydrogen) atoms. The van der Waals surface area contributed by atoms with E-state index in [1.165, 1.54) is 6.26 Å². The fourth-order valence-corrected chi connectivity index (χ4v) is 2.73. The molecule has 1 aromatic carbocycles. The van der Waals surface area contributed by atoms with Crippen LogP contribution in [0.4, 0.5) is 0 Å². The van der Waals surface area contributed by atoms with Gasteiger partial charge in [0.05, 0.1) is 24.8 Å². The fourth-order valence-electron chi connectivity index (χ4n) is 2.39. The number of carbonyl (C=O) groups excluding carboxylic acids is 1. The van der Waals surface area contributed by atoms with Crippen molar-refractivity contribution >= 4 is 21.8 Å². The first-order valence-electron chi connectivity index (χ1n) is 6.43. The summed E-state index contributed by atoms with van der Waals surface area (Å²) in [6.45, 7) is 1.67. The molecule has 1 saturated heterocycles. The van der Waals surface area contributed by atoms with Crippen molar-refractivity contribution in [1.29, 1.82) is 0 Å². The number of nitrogens with zero attached hydrogens (tertiary/aromatic N) is 1. The van der Waals surface area contributed by atoms with E-state index in [0.29, 0.717) is 30.0 Å². The number of amides is 1. The Kier molecular flexibility index (Phi) is 3.89. The minimum absolute atomic E-state index is 0.0309. The van der Waals surface area contributed by atoms with Gasteiger partial charge in [-0.25, -0.2) is 0 Å². The number of rotatable bonds is 2. The van der Waals surface area contributed by atoms with Gasteiger partial charge in [-0.1, -0.05) is 30.3 Å². The summed E-state index contributed by atoms with van der Waals surface area (Å²) in [6, 6.07) is 11.6.